The minimum Gasteiger partial charge on any atom is -0.468 e. The van der Waals surface area contributed by atoms with E-state index in [1.807, 2.05) is 30.3 Å². The van der Waals surface area contributed by atoms with E-state index < -0.39 is 5.97 Å². The van der Waals surface area contributed by atoms with Crippen molar-refractivity contribution < 1.29 is 14.3 Å². The number of fused-ring (bicyclic) bond motifs is 1. The van der Waals surface area contributed by atoms with E-state index in [9.17, 15) is 9.59 Å². The van der Waals surface area contributed by atoms with Gasteiger partial charge in [-0.25, -0.2) is 0 Å². The molecule has 0 heterocycles. The molecule has 25 heavy (non-hydrogen) atoms. The first-order valence-corrected chi connectivity index (χ1v) is 8.94. The number of esters is 1. The summed E-state index contributed by atoms with van der Waals surface area (Å²) in [4.78, 5) is 22.7. The third kappa shape index (κ3) is 6.22. The van der Waals surface area contributed by atoms with Crippen molar-refractivity contribution in [1.29, 1.82) is 0 Å². The average molecular weight is 341 g/mol. The summed E-state index contributed by atoms with van der Waals surface area (Å²) >= 11 is 0. The van der Waals surface area contributed by atoms with Crippen molar-refractivity contribution in [3.63, 3.8) is 0 Å². The highest BCUT2D eigenvalue weighted by Gasteiger charge is 2.08. The largest absolute Gasteiger partial charge is 0.468 e. The lowest BCUT2D eigenvalue weighted by Gasteiger charge is -2.15. The molecule has 0 atom stereocenters. The van der Waals surface area contributed by atoms with Gasteiger partial charge < -0.3 is 10.1 Å². The SMILES string of the molecule is CC1CCCCC1.COC(=O)CNC(=O)c1ccc2ccccc2c1. The third-order valence-corrected chi connectivity index (χ3v) is 4.53. The van der Waals surface area contributed by atoms with Crippen molar-refractivity contribution >= 4 is 22.6 Å². The van der Waals surface area contributed by atoms with Crippen molar-refractivity contribution in [2.24, 2.45) is 5.92 Å². The number of benzene rings is 2. The molecular weight excluding hydrogens is 314 g/mol. The topological polar surface area (TPSA) is 55.4 Å². The maximum absolute atomic E-state index is 11.8. The molecular formula is C21H27NO3. The summed E-state index contributed by atoms with van der Waals surface area (Å²) in [6, 6.07) is 13.2. The molecule has 4 nitrogen and oxygen atoms in total. The van der Waals surface area contributed by atoms with Gasteiger partial charge in [-0.1, -0.05) is 69.4 Å². The van der Waals surface area contributed by atoms with Crippen molar-refractivity contribution in [3.8, 4) is 0 Å². The lowest BCUT2D eigenvalue weighted by Crippen LogP contribution is -2.30. The predicted octanol–water partition coefficient (Wildman–Crippen LogP) is 4.33. The number of rotatable bonds is 3. The monoisotopic (exact) mass is 341 g/mol. The summed E-state index contributed by atoms with van der Waals surface area (Å²) in [5, 5.41) is 4.56. The molecule has 1 aliphatic carbocycles. The Morgan fingerprint density at radius 2 is 1.72 bits per heavy atom. The van der Waals surface area contributed by atoms with Crippen LogP contribution in [0.2, 0.25) is 0 Å². The van der Waals surface area contributed by atoms with E-state index in [0.717, 1.165) is 16.7 Å². The second-order valence-electron chi connectivity index (χ2n) is 6.56. The molecule has 0 unspecified atom stereocenters. The molecule has 1 amide bonds. The maximum Gasteiger partial charge on any atom is 0.325 e. The van der Waals surface area contributed by atoms with Crippen molar-refractivity contribution in [2.75, 3.05) is 13.7 Å². The molecule has 3 rings (SSSR count). The summed E-state index contributed by atoms with van der Waals surface area (Å²) < 4.78 is 4.45. The molecule has 1 aliphatic rings. The quantitative estimate of drug-likeness (QED) is 0.846. The first-order chi connectivity index (χ1) is 12.1. The minimum atomic E-state index is -0.468. The Labute approximate surface area is 149 Å². The van der Waals surface area contributed by atoms with Crippen LogP contribution < -0.4 is 5.32 Å². The summed E-state index contributed by atoms with van der Waals surface area (Å²) in [5.74, 6) is 0.282. The van der Waals surface area contributed by atoms with Crippen LogP contribution >= 0.6 is 0 Å². The van der Waals surface area contributed by atoms with Gasteiger partial charge in [0, 0.05) is 5.56 Å². The minimum absolute atomic E-state index is 0.123. The smallest absolute Gasteiger partial charge is 0.325 e. The highest BCUT2D eigenvalue weighted by molar-refractivity contribution is 5.99. The first-order valence-electron chi connectivity index (χ1n) is 8.94. The predicted molar refractivity (Wildman–Crippen MR) is 101 cm³/mol. The molecule has 0 spiro atoms. The molecule has 0 saturated heterocycles. The zero-order valence-corrected chi connectivity index (χ0v) is 15.1. The van der Waals surface area contributed by atoms with Crippen molar-refractivity contribution in [3.05, 3.63) is 48.0 Å². The number of hydrogen-bond acceptors (Lipinski definition) is 3. The molecule has 0 bridgehead atoms. The van der Waals surface area contributed by atoms with Gasteiger partial charge in [-0.05, 0) is 28.8 Å². The van der Waals surface area contributed by atoms with Gasteiger partial charge in [-0.15, -0.1) is 0 Å². The Morgan fingerprint density at radius 1 is 1.04 bits per heavy atom. The fourth-order valence-corrected chi connectivity index (χ4v) is 2.96. The van der Waals surface area contributed by atoms with Crippen molar-refractivity contribution in [1.82, 2.24) is 5.32 Å². The van der Waals surface area contributed by atoms with E-state index in [1.54, 1.807) is 12.1 Å². The lowest BCUT2D eigenvalue weighted by molar-refractivity contribution is -0.139. The Morgan fingerprint density at radius 3 is 2.32 bits per heavy atom. The fraction of sp³-hybridized carbons (Fsp3) is 0.429. The standard InChI is InChI=1S/C14H13NO3.C7H14/c1-18-13(16)9-15-14(17)12-7-6-10-4-2-3-5-11(10)8-12;1-7-5-3-2-4-6-7/h2-8H,9H2,1H3,(H,15,17);7H,2-6H2,1H3. The molecule has 2 aromatic rings. The number of methoxy groups -OCH3 is 1. The average Bonchev–Trinajstić information content (AvgIpc) is 2.66. The summed E-state index contributed by atoms with van der Waals surface area (Å²) in [6.07, 6.45) is 7.44. The van der Waals surface area contributed by atoms with Gasteiger partial charge in [0.1, 0.15) is 6.54 Å². The van der Waals surface area contributed by atoms with E-state index in [1.165, 1.54) is 39.2 Å². The normalized spacial score (nSPS) is 14.3. The zero-order chi connectivity index (χ0) is 18.1. The van der Waals surface area contributed by atoms with Gasteiger partial charge >= 0.3 is 5.97 Å². The van der Waals surface area contributed by atoms with Gasteiger partial charge in [0.25, 0.3) is 5.91 Å². The molecule has 134 valence electrons. The number of amides is 1. The van der Waals surface area contributed by atoms with Crippen LogP contribution in [0, 0.1) is 5.92 Å². The third-order valence-electron chi connectivity index (χ3n) is 4.53. The second kappa shape index (κ2) is 9.82. The van der Waals surface area contributed by atoms with Gasteiger partial charge in [0.05, 0.1) is 7.11 Å². The number of carbonyl (C=O) groups excluding carboxylic acids is 2. The van der Waals surface area contributed by atoms with Gasteiger partial charge in [0.2, 0.25) is 0 Å². The Kier molecular flexibility index (Phi) is 7.45. The Hall–Kier alpha value is -2.36. The second-order valence-corrected chi connectivity index (χ2v) is 6.56. The molecule has 0 radical (unpaired) electrons. The van der Waals surface area contributed by atoms with Crippen LogP contribution in [-0.2, 0) is 9.53 Å². The molecule has 1 fully saturated rings. The van der Waals surface area contributed by atoms with Crippen LogP contribution in [0.15, 0.2) is 42.5 Å². The van der Waals surface area contributed by atoms with E-state index in [-0.39, 0.29) is 12.5 Å². The lowest BCUT2D eigenvalue weighted by atomic mass is 9.91. The van der Waals surface area contributed by atoms with Crippen molar-refractivity contribution in [2.45, 2.75) is 39.0 Å². The molecule has 1 N–H and O–H groups in total. The Bertz CT molecular complexity index is 705. The van der Waals surface area contributed by atoms with Gasteiger partial charge in [-0.3, -0.25) is 9.59 Å². The fourth-order valence-electron chi connectivity index (χ4n) is 2.96. The van der Waals surface area contributed by atoms with Crippen LogP contribution in [0.5, 0.6) is 0 Å². The van der Waals surface area contributed by atoms with Crippen LogP contribution in [0.25, 0.3) is 10.8 Å². The van der Waals surface area contributed by atoms with Crippen LogP contribution in [0.4, 0.5) is 0 Å². The number of hydrogen-bond donors (Lipinski definition) is 1. The molecule has 1 saturated carbocycles. The number of ether oxygens (including phenoxy) is 1. The van der Waals surface area contributed by atoms with Gasteiger partial charge in [-0.2, -0.15) is 0 Å². The highest BCUT2D eigenvalue weighted by Crippen LogP contribution is 2.22. The summed E-state index contributed by atoms with van der Waals surface area (Å²) in [5.41, 5.74) is 0.526. The molecule has 0 aromatic heterocycles. The van der Waals surface area contributed by atoms with E-state index in [4.69, 9.17) is 0 Å². The van der Waals surface area contributed by atoms with E-state index in [0.29, 0.717) is 5.56 Å². The maximum atomic E-state index is 11.8. The van der Waals surface area contributed by atoms with Crippen LogP contribution in [0.3, 0.4) is 0 Å². The number of carbonyl (C=O) groups is 2. The van der Waals surface area contributed by atoms with E-state index >= 15 is 0 Å². The van der Waals surface area contributed by atoms with Gasteiger partial charge in [0.15, 0.2) is 0 Å². The molecule has 0 aliphatic heterocycles. The zero-order valence-electron chi connectivity index (χ0n) is 15.1. The summed E-state index contributed by atoms with van der Waals surface area (Å²) in [6.45, 7) is 2.24. The summed E-state index contributed by atoms with van der Waals surface area (Å²) in [7, 11) is 1.28. The first kappa shape index (κ1) is 19.0. The van der Waals surface area contributed by atoms with Crippen LogP contribution in [-0.4, -0.2) is 25.5 Å². The highest BCUT2D eigenvalue weighted by atomic mass is 16.5. The van der Waals surface area contributed by atoms with Crippen LogP contribution in [0.1, 0.15) is 49.4 Å². The number of nitrogens with one attached hydrogen (secondary N) is 1. The Balaban J connectivity index is 0.000000269. The van der Waals surface area contributed by atoms with E-state index in [2.05, 4.69) is 17.0 Å². The molecule has 4 heteroatoms. The molecule has 2 aromatic carbocycles.